The Labute approximate surface area is 100 Å². The molecular weight excluding hydrogens is 197 g/mol. The second kappa shape index (κ2) is 6.77. The van der Waals surface area contributed by atoms with E-state index in [4.69, 9.17) is 0 Å². The van der Waals surface area contributed by atoms with Crippen LogP contribution in [0, 0.1) is 0 Å². The number of rotatable bonds is 4. The minimum absolute atomic E-state index is 0.0312. The van der Waals surface area contributed by atoms with Crippen LogP contribution >= 0.6 is 0 Å². The normalized spacial score (nSPS) is 25.9. The largest absolute Gasteiger partial charge is 0.350 e. The maximum absolute atomic E-state index is 11.2. The van der Waals surface area contributed by atoms with E-state index in [1.807, 2.05) is 0 Å². The van der Waals surface area contributed by atoms with E-state index in [2.05, 4.69) is 33.0 Å². The van der Waals surface area contributed by atoms with E-state index >= 15 is 0 Å². The van der Waals surface area contributed by atoms with Crippen molar-refractivity contribution >= 4 is 13.2 Å². The molecule has 0 spiro atoms. The van der Waals surface area contributed by atoms with E-state index in [0.717, 1.165) is 18.7 Å². The molecule has 1 saturated carbocycles. The average molecular weight is 220 g/mol. The first-order chi connectivity index (χ1) is 7.61. The molecule has 1 aliphatic rings. The van der Waals surface area contributed by atoms with E-state index < -0.39 is 0 Å². The lowest BCUT2D eigenvalue weighted by molar-refractivity contribution is -0.117. The van der Waals surface area contributed by atoms with Gasteiger partial charge in [0.05, 0.1) is 0 Å². The van der Waals surface area contributed by atoms with E-state index in [0.29, 0.717) is 11.9 Å². The van der Waals surface area contributed by atoms with Crippen LogP contribution in [0.1, 0.15) is 46.0 Å². The second-order valence-corrected chi connectivity index (χ2v) is 5.11. The van der Waals surface area contributed by atoms with Gasteiger partial charge in [0.25, 0.3) is 0 Å². The highest BCUT2D eigenvalue weighted by Crippen LogP contribution is 2.29. The second-order valence-electron chi connectivity index (χ2n) is 5.11. The van der Waals surface area contributed by atoms with Crippen molar-refractivity contribution in [3.05, 3.63) is 12.7 Å². The SMILES string of the molecule is C=CC(=O)NC1CCCC([B]C(C)C)CC1. The number of amides is 1. The molecule has 0 bridgehead atoms. The molecule has 2 unspecified atom stereocenters. The van der Waals surface area contributed by atoms with Crippen LogP contribution in [0.3, 0.4) is 0 Å². The quantitative estimate of drug-likeness (QED) is 0.440. The smallest absolute Gasteiger partial charge is 0.243 e. The molecule has 1 amide bonds. The Kier molecular flexibility index (Phi) is 5.65. The Bertz CT molecular complexity index is 240. The van der Waals surface area contributed by atoms with Crippen LogP contribution in [-0.4, -0.2) is 19.2 Å². The molecule has 0 saturated heterocycles. The predicted octanol–water partition coefficient (Wildman–Crippen LogP) is 2.94. The van der Waals surface area contributed by atoms with E-state index in [-0.39, 0.29) is 5.91 Å². The maximum Gasteiger partial charge on any atom is 0.243 e. The van der Waals surface area contributed by atoms with Crippen molar-refractivity contribution in [3.63, 3.8) is 0 Å². The summed E-state index contributed by atoms with van der Waals surface area (Å²) >= 11 is 0. The molecule has 16 heavy (non-hydrogen) atoms. The first-order valence-corrected chi connectivity index (χ1v) is 6.39. The fraction of sp³-hybridized carbons (Fsp3) is 0.769. The zero-order chi connectivity index (χ0) is 12.0. The van der Waals surface area contributed by atoms with Crippen molar-refractivity contribution in [1.82, 2.24) is 5.32 Å². The molecule has 3 heteroatoms. The van der Waals surface area contributed by atoms with Crippen LogP contribution in [0.4, 0.5) is 0 Å². The third-order valence-electron chi connectivity index (χ3n) is 3.20. The van der Waals surface area contributed by atoms with Crippen molar-refractivity contribution in [2.24, 2.45) is 0 Å². The van der Waals surface area contributed by atoms with Crippen LogP contribution in [-0.2, 0) is 4.79 Å². The molecule has 2 atom stereocenters. The van der Waals surface area contributed by atoms with Crippen molar-refractivity contribution in [2.45, 2.75) is 63.6 Å². The summed E-state index contributed by atoms with van der Waals surface area (Å²) in [5, 5.41) is 3.01. The highest BCUT2D eigenvalue weighted by atomic mass is 16.1. The Morgan fingerprint density at radius 1 is 1.38 bits per heavy atom. The van der Waals surface area contributed by atoms with Gasteiger partial charge >= 0.3 is 0 Å². The molecule has 89 valence electrons. The summed E-state index contributed by atoms with van der Waals surface area (Å²) in [5.74, 6) is 1.38. The van der Waals surface area contributed by atoms with E-state index in [9.17, 15) is 4.79 Å². The van der Waals surface area contributed by atoms with Crippen molar-refractivity contribution < 1.29 is 4.79 Å². The van der Waals surface area contributed by atoms with Gasteiger partial charge in [-0.1, -0.05) is 51.3 Å². The van der Waals surface area contributed by atoms with Crippen LogP contribution < -0.4 is 5.32 Å². The summed E-state index contributed by atoms with van der Waals surface area (Å²) in [5.41, 5.74) is 0. The highest BCUT2D eigenvalue weighted by molar-refractivity contribution is 6.39. The summed E-state index contributed by atoms with van der Waals surface area (Å²) in [4.78, 5) is 11.2. The predicted molar refractivity (Wildman–Crippen MR) is 69.8 cm³/mol. The maximum atomic E-state index is 11.2. The number of carbonyl (C=O) groups is 1. The average Bonchev–Trinajstić information content (AvgIpc) is 2.43. The van der Waals surface area contributed by atoms with Gasteiger partial charge in [-0.25, -0.2) is 0 Å². The monoisotopic (exact) mass is 220 g/mol. The number of nitrogens with one attached hydrogen (secondary N) is 1. The molecule has 1 N–H and O–H groups in total. The summed E-state index contributed by atoms with van der Waals surface area (Å²) in [7, 11) is 2.46. The Balaban J connectivity index is 2.34. The molecule has 1 fully saturated rings. The molecule has 1 rings (SSSR count). The van der Waals surface area contributed by atoms with Gasteiger partial charge in [0.15, 0.2) is 0 Å². The van der Waals surface area contributed by atoms with Crippen molar-refractivity contribution in [1.29, 1.82) is 0 Å². The van der Waals surface area contributed by atoms with E-state index in [1.165, 1.54) is 25.3 Å². The Morgan fingerprint density at radius 2 is 2.12 bits per heavy atom. The topological polar surface area (TPSA) is 29.1 Å². The number of hydrogen-bond acceptors (Lipinski definition) is 1. The Morgan fingerprint density at radius 3 is 2.75 bits per heavy atom. The highest BCUT2D eigenvalue weighted by Gasteiger charge is 2.20. The molecule has 1 radical (unpaired) electrons. The lowest BCUT2D eigenvalue weighted by atomic mass is 9.54. The lowest BCUT2D eigenvalue weighted by Crippen LogP contribution is -2.33. The minimum Gasteiger partial charge on any atom is -0.350 e. The van der Waals surface area contributed by atoms with Gasteiger partial charge in [-0.2, -0.15) is 0 Å². The number of carbonyl (C=O) groups excluding carboxylic acids is 1. The molecule has 1 aliphatic carbocycles. The first-order valence-electron chi connectivity index (χ1n) is 6.39. The van der Waals surface area contributed by atoms with E-state index in [1.54, 1.807) is 0 Å². The van der Waals surface area contributed by atoms with Gasteiger partial charge < -0.3 is 5.32 Å². The molecule has 0 aromatic heterocycles. The van der Waals surface area contributed by atoms with Crippen LogP contribution in [0.25, 0.3) is 0 Å². The summed E-state index contributed by atoms with van der Waals surface area (Å²) in [6, 6.07) is 0.357. The fourth-order valence-corrected chi connectivity index (χ4v) is 2.47. The molecule has 0 aromatic rings. The molecular formula is C13H23BNO. The standard InChI is InChI=1S/C13H23BNO/c1-4-13(16)15-12-7-5-6-11(8-9-12)14-10(2)3/h4,10-12H,1,5-9H2,2-3H3,(H,15,16). The molecule has 0 heterocycles. The van der Waals surface area contributed by atoms with Gasteiger partial charge in [-0.3, -0.25) is 4.79 Å². The van der Waals surface area contributed by atoms with Gasteiger partial charge in [-0.15, -0.1) is 0 Å². The zero-order valence-electron chi connectivity index (χ0n) is 10.5. The fourth-order valence-electron chi connectivity index (χ4n) is 2.47. The van der Waals surface area contributed by atoms with Gasteiger partial charge in [0, 0.05) is 6.04 Å². The minimum atomic E-state index is -0.0312. The third-order valence-corrected chi connectivity index (χ3v) is 3.20. The Hall–Kier alpha value is -0.725. The summed E-state index contributed by atoms with van der Waals surface area (Å²) in [6.07, 6.45) is 7.28. The van der Waals surface area contributed by atoms with Gasteiger partial charge in [-0.05, 0) is 18.9 Å². The molecule has 0 aliphatic heterocycles. The molecule has 2 nitrogen and oxygen atoms in total. The van der Waals surface area contributed by atoms with Crippen LogP contribution in [0.5, 0.6) is 0 Å². The zero-order valence-corrected chi connectivity index (χ0v) is 10.5. The van der Waals surface area contributed by atoms with Crippen LogP contribution in [0.2, 0.25) is 11.6 Å². The van der Waals surface area contributed by atoms with Crippen molar-refractivity contribution in [2.75, 3.05) is 0 Å². The third kappa shape index (κ3) is 4.87. The first kappa shape index (κ1) is 13.3. The van der Waals surface area contributed by atoms with Crippen LogP contribution in [0.15, 0.2) is 12.7 Å². The number of hydrogen-bond donors (Lipinski definition) is 1. The van der Waals surface area contributed by atoms with Gasteiger partial charge in [0.1, 0.15) is 7.28 Å². The summed E-state index contributed by atoms with van der Waals surface area (Å²) in [6.45, 7) is 7.96. The van der Waals surface area contributed by atoms with Crippen molar-refractivity contribution in [3.8, 4) is 0 Å². The molecule has 0 aromatic carbocycles. The summed E-state index contributed by atoms with van der Waals surface area (Å²) < 4.78 is 0. The lowest BCUT2D eigenvalue weighted by Gasteiger charge is -2.16. The van der Waals surface area contributed by atoms with Gasteiger partial charge in [0.2, 0.25) is 5.91 Å².